The minimum atomic E-state index is -3.24. The Morgan fingerprint density at radius 1 is 1.36 bits per heavy atom. The van der Waals surface area contributed by atoms with Gasteiger partial charge in [-0.25, -0.2) is 22.7 Å². The molecular weight excluding hydrogens is 342 g/mol. The zero-order valence-electron chi connectivity index (χ0n) is 14.9. The molecule has 1 aromatic rings. The predicted molar refractivity (Wildman–Crippen MR) is 95.2 cm³/mol. The highest BCUT2D eigenvalue weighted by Gasteiger charge is 2.33. The van der Waals surface area contributed by atoms with Crippen molar-refractivity contribution in [2.24, 2.45) is 5.92 Å². The molecule has 1 saturated carbocycles. The molecule has 1 atom stereocenters. The van der Waals surface area contributed by atoms with Crippen LogP contribution >= 0.6 is 0 Å². The van der Waals surface area contributed by atoms with E-state index in [-0.39, 0.29) is 11.8 Å². The molecular formula is C16H25N5O3S. The van der Waals surface area contributed by atoms with Crippen LogP contribution in [0.4, 0.5) is 5.95 Å². The van der Waals surface area contributed by atoms with Gasteiger partial charge in [-0.1, -0.05) is 0 Å². The van der Waals surface area contributed by atoms with Gasteiger partial charge in [-0.2, -0.15) is 0 Å². The molecule has 1 unspecified atom stereocenters. The Bertz CT molecular complexity index is 761. The molecule has 0 bridgehead atoms. The first kappa shape index (κ1) is 18.1. The number of hydrogen-bond acceptors (Lipinski definition) is 6. The van der Waals surface area contributed by atoms with Crippen LogP contribution in [0.1, 0.15) is 41.2 Å². The van der Waals surface area contributed by atoms with Crippen LogP contribution in [0, 0.1) is 5.92 Å². The summed E-state index contributed by atoms with van der Waals surface area (Å²) in [6.07, 6.45) is 5.75. The lowest BCUT2D eigenvalue weighted by atomic mass is 10.00. The number of sulfonamides is 1. The molecule has 2 aliphatic rings. The summed E-state index contributed by atoms with van der Waals surface area (Å²) in [7, 11) is 0.436. The number of amides is 1. The van der Waals surface area contributed by atoms with Crippen molar-refractivity contribution in [1.29, 1.82) is 0 Å². The maximum absolute atomic E-state index is 12.6. The van der Waals surface area contributed by atoms with Gasteiger partial charge in [0, 0.05) is 45.8 Å². The van der Waals surface area contributed by atoms with E-state index in [1.54, 1.807) is 11.1 Å². The first-order valence-electron chi connectivity index (χ1n) is 8.53. The van der Waals surface area contributed by atoms with Gasteiger partial charge < -0.3 is 10.2 Å². The third-order valence-corrected chi connectivity index (χ3v) is 5.97. The average molecular weight is 367 g/mol. The molecule has 1 aromatic heterocycles. The number of carbonyl (C=O) groups is 1. The van der Waals surface area contributed by atoms with Crippen LogP contribution in [0.15, 0.2) is 6.20 Å². The van der Waals surface area contributed by atoms with E-state index in [0.29, 0.717) is 49.2 Å². The molecule has 0 radical (unpaired) electrons. The summed E-state index contributed by atoms with van der Waals surface area (Å²) in [5.74, 6) is 0.830. The standard InChI is InChI=1S/C16H25N5O3S/c1-20(2)16-18-9-13(15(22)17-8-11-4-5-11)14(19-16)12-6-7-21(10-12)25(3,23)24/h9,11-12H,4-8,10H2,1-3H3,(H,17,22). The molecule has 1 N–H and O–H groups in total. The van der Waals surface area contributed by atoms with Crippen LogP contribution in [0.2, 0.25) is 0 Å². The molecule has 8 nitrogen and oxygen atoms in total. The zero-order chi connectivity index (χ0) is 18.2. The summed E-state index contributed by atoms with van der Waals surface area (Å²) in [4.78, 5) is 23.2. The summed E-state index contributed by atoms with van der Waals surface area (Å²) < 4.78 is 25.0. The molecule has 138 valence electrons. The fourth-order valence-corrected chi connectivity index (χ4v) is 3.88. The summed E-state index contributed by atoms with van der Waals surface area (Å²) in [6.45, 7) is 1.48. The fraction of sp³-hybridized carbons (Fsp3) is 0.688. The van der Waals surface area contributed by atoms with E-state index in [2.05, 4.69) is 15.3 Å². The highest BCUT2D eigenvalue weighted by atomic mass is 32.2. The molecule has 25 heavy (non-hydrogen) atoms. The minimum Gasteiger partial charge on any atom is -0.352 e. The molecule has 0 spiro atoms. The Morgan fingerprint density at radius 3 is 2.64 bits per heavy atom. The predicted octanol–water partition coefficient (Wildman–Crippen LogP) is 0.431. The number of rotatable bonds is 6. The van der Waals surface area contributed by atoms with Gasteiger partial charge in [0.15, 0.2) is 0 Å². The fourth-order valence-electron chi connectivity index (χ4n) is 2.99. The van der Waals surface area contributed by atoms with Crippen molar-refractivity contribution in [3.8, 4) is 0 Å². The number of anilines is 1. The van der Waals surface area contributed by atoms with Crippen molar-refractivity contribution in [2.75, 3.05) is 44.9 Å². The summed E-state index contributed by atoms with van der Waals surface area (Å²) in [5.41, 5.74) is 1.09. The summed E-state index contributed by atoms with van der Waals surface area (Å²) in [6, 6.07) is 0. The lowest BCUT2D eigenvalue weighted by molar-refractivity contribution is 0.0949. The Kier molecular flexibility index (Phi) is 4.97. The highest BCUT2D eigenvalue weighted by Crippen LogP contribution is 2.31. The van der Waals surface area contributed by atoms with Gasteiger partial charge in [-0.15, -0.1) is 0 Å². The van der Waals surface area contributed by atoms with E-state index >= 15 is 0 Å². The van der Waals surface area contributed by atoms with Crippen LogP contribution in [-0.4, -0.2) is 68.6 Å². The van der Waals surface area contributed by atoms with Crippen molar-refractivity contribution in [1.82, 2.24) is 19.6 Å². The smallest absolute Gasteiger partial charge is 0.254 e. The molecule has 0 aromatic carbocycles. The second kappa shape index (κ2) is 6.87. The van der Waals surface area contributed by atoms with Crippen LogP contribution in [0.25, 0.3) is 0 Å². The summed E-state index contributed by atoms with van der Waals surface area (Å²) in [5, 5.41) is 2.95. The highest BCUT2D eigenvalue weighted by molar-refractivity contribution is 7.88. The third kappa shape index (κ3) is 4.27. The van der Waals surface area contributed by atoms with Crippen LogP contribution in [-0.2, 0) is 10.0 Å². The molecule has 2 heterocycles. The number of aromatic nitrogens is 2. The minimum absolute atomic E-state index is 0.0990. The Hall–Kier alpha value is -1.74. The largest absolute Gasteiger partial charge is 0.352 e. The van der Waals surface area contributed by atoms with Crippen LogP contribution < -0.4 is 10.2 Å². The van der Waals surface area contributed by atoms with Crippen molar-refractivity contribution in [2.45, 2.75) is 25.2 Å². The van der Waals surface area contributed by atoms with E-state index < -0.39 is 10.0 Å². The second-order valence-corrected chi connectivity index (χ2v) is 9.11. The maximum Gasteiger partial charge on any atom is 0.254 e. The van der Waals surface area contributed by atoms with Crippen LogP contribution in [0.5, 0.6) is 0 Å². The normalized spacial score (nSPS) is 21.3. The van der Waals surface area contributed by atoms with Gasteiger partial charge in [0.2, 0.25) is 16.0 Å². The Labute approximate surface area is 148 Å². The average Bonchev–Trinajstić information content (AvgIpc) is 3.24. The lowest BCUT2D eigenvalue weighted by Gasteiger charge is -2.18. The topological polar surface area (TPSA) is 95.5 Å². The van der Waals surface area contributed by atoms with E-state index in [4.69, 9.17) is 0 Å². The van der Waals surface area contributed by atoms with Crippen molar-refractivity contribution in [3.05, 3.63) is 17.5 Å². The number of hydrogen-bond donors (Lipinski definition) is 1. The number of carbonyl (C=O) groups excluding carboxylic acids is 1. The number of nitrogens with zero attached hydrogens (tertiary/aromatic N) is 4. The first-order chi connectivity index (χ1) is 11.8. The Morgan fingerprint density at radius 2 is 2.08 bits per heavy atom. The van der Waals surface area contributed by atoms with Crippen molar-refractivity contribution >= 4 is 21.9 Å². The molecule has 9 heteroatoms. The molecule has 1 amide bonds. The van der Waals surface area contributed by atoms with Crippen molar-refractivity contribution < 1.29 is 13.2 Å². The molecule has 2 fully saturated rings. The van der Waals surface area contributed by atoms with Gasteiger partial charge in [0.05, 0.1) is 17.5 Å². The van der Waals surface area contributed by atoms with Crippen molar-refractivity contribution in [3.63, 3.8) is 0 Å². The lowest BCUT2D eigenvalue weighted by Crippen LogP contribution is -2.30. The molecule has 1 saturated heterocycles. The van der Waals surface area contributed by atoms with Gasteiger partial charge in [0.1, 0.15) is 0 Å². The van der Waals surface area contributed by atoms with Crippen LogP contribution in [0.3, 0.4) is 0 Å². The van der Waals surface area contributed by atoms with E-state index in [0.717, 1.165) is 12.8 Å². The second-order valence-electron chi connectivity index (χ2n) is 7.12. The third-order valence-electron chi connectivity index (χ3n) is 4.71. The summed E-state index contributed by atoms with van der Waals surface area (Å²) >= 11 is 0. The van der Waals surface area contributed by atoms with E-state index in [1.807, 2.05) is 14.1 Å². The van der Waals surface area contributed by atoms with Gasteiger partial charge in [-0.05, 0) is 25.2 Å². The molecule has 3 rings (SSSR count). The number of nitrogens with one attached hydrogen (secondary N) is 1. The van der Waals surface area contributed by atoms with E-state index in [9.17, 15) is 13.2 Å². The van der Waals surface area contributed by atoms with Gasteiger partial charge in [0.25, 0.3) is 5.91 Å². The van der Waals surface area contributed by atoms with Gasteiger partial charge in [-0.3, -0.25) is 4.79 Å². The monoisotopic (exact) mass is 367 g/mol. The molecule has 1 aliphatic carbocycles. The van der Waals surface area contributed by atoms with E-state index in [1.165, 1.54) is 10.6 Å². The maximum atomic E-state index is 12.6. The Balaban J connectivity index is 1.86. The zero-order valence-corrected chi connectivity index (χ0v) is 15.7. The quantitative estimate of drug-likeness (QED) is 0.783. The van der Waals surface area contributed by atoms with Gasteiger partial charge >= 0.3 is 0 Å². The first-order valence-corrected chi connectivity index (χ1v) is 10.4. The molecule has 1 aliphatic heterocycles. The SMILES string of the molecule is CN(C)c1ncc(C(=O)NCC2CC2)c(C2CCN(S(C)(=O)=O)C2)n1.